The largest absolute Gasteiger partial charge is 0.366 e. The van der Waals surface area contributed by atoms with Gasteiger partial charge in [0.1, 0.15) is 5.82 Å². The minimum Gasteiger partial charge on any atom is -0.366 e. The molecule has 15 heavy (non-hydrogen) atoms. The third-order valence-electron chi connectivity index (χ3n) is 2.44. The minimum atomic E-state index is 0.276. The molecule has 3 N–H and O–H groups in total. The van der Waals surface area contributed by atoms with Gasteiger partial charge in [-0.15, -0.1) is 0 Å². The number of nitrogens with one attached hydrogen (secondary N) is 1. The van der Waals surface area contributed by atoms with Gasteiger partial charge in [0.05, 0.1) is 0 Å². The van der Waals surface area contributed by atoms with Gasteiger partial charge in [0.15, 0.2) is 0 Å². The van der Waals surface area contributed by atoms with Crippen LogP contribution in [0.2, 0.25) is 0 Å². The Morgan fingerprint density at radius 1 is 1.53 bits per heavy atom. The quantitative estimate of drug-likeness (QED) is 0.885. The van der Waals surface area contributed by atoms with E-state index in [0.717, 1.165) is 10.3 Å². The van der Waals surface area contributed by atoms with Gasteiger partial charge in [-0.1, -0.05) is 13.8 Å². The van der Waals surface area contributed by atoms with Gasteiger partial charge in [0.2, 0.25) is 0 Å². The van der Waals surface area contributed by atoms with Crippen molar-refractivity contribution < 1.29 is 0 Å². The normalized spacial score (nSPS) is 12.9. The van der Waals surface area contributed by atoms with Crippen molar-refractivity contribution in [3.8, 4) is 0 Å². The molecule has 0 bridgehead atoms. The Morgan fingerprint density at radius 3 is 2.67 bits per heavy atom. The molecule has 1 aromatic rings. The molecule has 4 heteroatoms. The molecule has 0 saturated heterocycles. The predicted molar refractivity (Wildman–Crippen MR) is 68.0 cm³/mol. The zero-order chi connectivity index (χ0) is 11.4. The number of nitrogens with two attached hydrogens (primary N) is 1. The van der Waals surface area contributed by atoms with Crippen molar-refractivity contribution in [2.45, 2.75) is 26.8 Å². The maximum atomic E-state index is 5.69. The topological polar surface area (TPSA) is 50.9 Å². The molecule has 1 aromatic heterocycles. The van der Waals surface area contributed by atoms with E-state index in [4.69, 9.17) is 5.73 Å². The smallest absolute Gasteiger partial charge is 0.126 e. The molecule has 0 aliphatic carbocycles. The van der Waals surface area contributed by atoms with E-state index < -0.39 is 0 Å². The lowest BCUT2D eigenvalue weighted by Gasteiger charge is -2.21. The maximum absolute atomic E-state index is 5.69. The second-order valence-corrected chi connectivity index (χ2v) is 4.90. The molecule has 0 aliphatic rings. The highest BCUT2D eigenvalue weighted by Crippen LogP contribution is 2.18. The van der Waals surface area contributed by atoms with Crippen molar-refractivity contribution in [1.29, 1.82) is 0 Å². The molecule has 0 saturated carbocycles. The maximum Gasteiger partial charge on any atom is 0.126 e. The van der Waals surface area contributed by atoms with E-state index in [-0.39, 0.29) is 6.04 Å². The molecular formula is C11H18BrN3. The van der Waals surface area contributed by atoms with E-state index in [2.05, 4.69) is 40.1 Å². The van der Waals surface area contributed by atoms with E-state index in [0.29, 0.717) is 12.5 Å². The first kappa shape index (κ1) is 12.5. The Kier molecular flexibility index (Phi) is 4.54. The van der Waals surface area contributed by atoms with Gasteiger partial charge in [-0.3, -0.25) is 0 Å². The summed E-state index contributed by atoms with van der Waals surface area (Å²) < 4.78 is 1.03. The van der Waals surface area contributed by atoms with Gasteiger partial charge in [-0.05, 0) is 40.4 Å². The first-order valence-electron chi connectivity index (χ1n) is 5.13. The molecule has 1 rings (SSSR count). The summed E-state index contributed by atoms with van der Waals surface area (Å²) in [6, 6.07) is 2.30. The standard InChI is InChI=1S/C11H18BrN3/c1-7(2)10(5-13)15-11-4-8(3)9(12)6-14-11/h4,6-7,10H,5,13H2,1-3H3,(H,14,15). The SMILES string of the molecule is Cc1cc(NC(CN)C(C)C)ncc1Br. The number of nitrogens with zero attached hydrogens (tertiary/aromatic N) is 1. The zero-order valence-electron chi connectivity index (χ0n) is 9.42. The zero-order valence-corrected chi connectivity index (χ0v) is 11.0. The highest BCUT2D eigenvalue weighted by Gasteiger charge is 2.11. The lowest BCUT2D eigenvalue weighted by molar-refractivity contribution is 0.530. The van der Waals surface area contributed by atoms with Gasteiger partial charge in [-0.2, -0.15) is 0 Å². The lowest BCUT2D eigenvalue weighted by Crippen LogP contribution is -2.34. The summed E-state index contributed by atoms with van der Waals surface area (Å²) in [5.74, 6) is 1.39. The molecule has 0 fully saturated rings. The highest BCUT2D eigenvalue weighted by atomic mass is 79.9. The van der Waals surface area contributed by atoms with Crippen LogP contribution in [0.4, 0.5) is 5.82 Å². The van der Waals surface area contributed by atoms with Crippen molar-refractivity contribution >= 4 is 21.7 Å². The Bertz CT molecular complexity index is 326. The van der Waals surface area contributed by atoms with Crippen LogP contribution in [0.25, 0.3) is 0 Å². The van der Waals surface area contributed by atoms with Crippen molar-refractivity contribution in [2.24, 2.45) is 11.7 Å². The van der Waals surface area contributed by atoms with Gasteiger partial charge in [0, 0.05) is 23.3 Å². The molecule has 84 valence electrons. The van der Waals surface area contributed by atoms with Gasteiger partial charge in [-0.25, -0.2) is 4.98 Å². The summed E-state index contributed by atoms with van der Waals surface area (Å²) in [5.41, 5.74) is 6.86. The van der Waals surface area contributed by atoms with Gasteiger partial charge < -0.3 is 11.1 Å². The Balaban J connectivity index is 2.75. The van der Waals surface area contributed by atoms with Crippen molar-refractivity contribution in [3.05, 3.63) is 22.3 Å². The molecule has 0 aromatic carbocycles. The van der Waals surface area contributed by atoms with Crippen LogP contribution >= 0.6 is 15.9 Å². The Morgan fingerprint density at radius 2 is 2.20 bits per heavy atom. The average molecular weight is 272 g/mol. The molecule has 1 atom stereocenters. The molecular weight excluding hydrogens is 254 g/mol. The number of pyridine rings is 1. The molecule has 0 amide bonds. The van der Waals surface area contributed by atoms with Crippen LogP contribution in [0, 0.1) is 12.8 Å². The fourth-order valence-electron chi connectivity index (χ4n) is 1.31. The number of anilines is 1. The second-order valence-electron chi connectivity index (χ2n) is 4.05. The summed E-state index contributed by atoms with van der Waals surface area (Å²) in [5, 5.41) is 3.34. The monoisotopic (exact) mass is 271 g/mol. The molecule has 0 radical (unpaired) electrons. The summed E-state index contributed by atoms with van der Waals surface area (Å²) in [6.07, 6.45) is 1.81. The van der Waals surface area contributed by atoms with E-state index >= 15 is 0 Å². The number of halogens is 1. The number of hydrogen-bond acceptors (Lipinski definition) is 3. The summed E-state index contributed by atoms with van der Waals surface area (Å²) in [7, 11) is 0. The molecule has 3 nitrogen and oxygen atoms in total. The number of rotatable bonds is 4. The summed E-state index contributed by atoms with van der Waals surface area (Å²) in [4.78, 5) is 4.30. The van der Waals surface area contributed by atoms with Crippen molar-refractivity contribution in [2.75, 3.05) is 11.9 Å². The van der Waals surface area contributed by atoms with Crippen LogP contribution < -0.4 is 11.1 Å². The van der Waals surface area contributed by atoms with E-state index in [9.17, 15) is 0 Å². The first-order valence-corrected chi connectivity index (χ1v) is 5.92. The number of aromatic nitrogens is 1. The average Bonchev–Trinajstić information content (AvgIpc) is 2.19. The summed E-state index contributed by atoms with van der Waals surface area (Å²) >= 11 is 3.43. The van der Waals surface area contributed by atoms with Crippen LogP contribution in [-0.4, -0.2) is 17.6 Å². The number of hydrogen-bond donors (Lipinski definition) is 2. The molecule has 0 spiro atoms. The third-order valence-corrected chi connectivity index (χ3v) is 3.27. The molecule has 0 aliphatic heterocycles. The summed E-state index contributed by atoms with van der Waals surface area (Å²) in [6.45, 7) is 6.96. The van der Waals surface area contributed by atoms with Crippen LogP contribution in [0.3, 0.4) is 0 Å². The Labute approximate surface area is 99.6 Å². The fourth-order valence-corrected chi connectivity index (χ4v) is 1.52. The van der Waals surface area contributed by atoms with Gasteiger partial charge in [0.25, 0.3) is 0 Å². The third kappa shape index (κ3) is 3.47. The van der Waals surface area contributed by atoms with Crippen LogP contribution in [-0.2, 0) is 0 Å². The van der Waals surface area contributed by atoms with E-state index in [1.165, 1.54) is 5.56 Å². The van der Waals surface area contributed by atoms with Crippen molar-refractivity contribution in [1.82, 2.24) is 4.98 Å². The van der Waals surface area contributed by atoms with E-state index in [1.54, 1.807) is 0 Å². The van der Waals surface area contributed by atoms with Crippen molar-refractivity contribution in [3.63, 3.8) is 0 Å². The predicted octanol–water partition coefficient (Wildman–Crippen LogP) is 2.55. The highest BCUT2D eigenvalue weighted by molar-refractivity contribution is 9.10. The molecule has 1 unspecified atom stereocenters. The van der Waals surface area contributed by atoms with Gasteiger partial charge >= 0.3 is 0 Å². The molecule has 1 heterocycles. The first-order chi connectivity index (χ1) is 7.04. The second kappa shape index (κ2) is 5.47. The van der Waals surface area contributed by atoms with Crippen LogP contribution in [0.1, 0.15) is 19.4 Å². The lowest BCUT2D eigenvalue weighted by atomic mass is 10.0. The van der Waals surface area contributed by atoms with Crippen LogP contribution in [0.5, 0.6) is 0 Å². The minimum absolute atomic E-state index is 0.276. The number of aryl methyl sites for hydroxylation is 1. The fraction of sp³-hybridized carbons (Fsp3) is 0.545. The van der Waals surface area contributed by atoms with E-state index in [1.807, 2.05) is 19.2 Å². The van der Waals surface area contributed by atoms with Crippen LogP contribution in [0.15, 0.2) is 16.7 Å². The Hall–Kier alpha value is -0.610.